The zero-order valence-corrected chi connectivity index (χ0v) is 14.2. The molecule has 3 unspecified atom stereocenters. The van der Waals surface area contributed by atoms with Gasteiger partial charge < -0.3 is 18.9 Å². The van der Waals surface area contributed by atoms with Crippen LogP contribution in [0.2, 0.25) is 0 Å². The first-order valence-corrected chi connectivity index (χ1v) is 8.29. The van der Waals surface area contributed by atoms with Crippen molar-refractivity contribution in [3.8, 4) is 11.5 Å². The van der Waals surface area contributed by atoms with Crippen molar-refractivity contribution in [2.24, 2.45) is 5.92 Å². The number of methoxy groups -OCH3 is 2. The maximum Gasteiger partial charge on any atom is 0.314 e. The number of benzene rings is 2. The van der Waals surface area contributed by atoms with E-state index in [2.05, 4.69) is 0 Å². The molecule has 0 bridgehead atoms. The molecule has 0 N–H and O–H groups in total. The van der Waals surface area contributed by atoms with Crippen LogP contribution in [0.15, 0.2) is 48.5 Å². The van der Waals surface area contributed by atoms with Gasteiger partial charge in [0.2, 0.25) is 6.29 Å². The molecule has 0 radical (unpaired) electrons. The van der Waals surface area contributed by atoms with Gasteiger partial charge in [0, 0.05) is 6.42 Å². The summed E-state index contributed by atoms with van der Waals surface area (Å²) >= 11 is 0. The molecular formula is C20H20O5. The first kappa shape index (κ1) is 16.0. The molecule has 2 aliphatic heterocycles. The smallest absolute Gasteiger partial charge is 0.314 e. The average molecular weight is 340 g/mol. The SMILES string of the molecule is COc1ccc(CC2C(=O)OC3OC32Cc2ccc(OC)cc2)cc1. The summed E-state index contributed by atoms with van der Waals surface area (Å²) in [6.45, 7) is 0. The Morgan fingerprint density at radius 2 is 1.48 bits per heavy atom. The average Bonchev–Trinajstić information content (AvgIpc) is 3.26. The third-order valence-electron chi connectivity index (χ3n) is 5.00. The van der Waals surface area contributed by atoms with Gasteiger partial charge in [-0.15, -0.1) is 0 Å². The van der Waals surface area contributed by atoms with Gasteiger partial charge in [0.05, 0.1) is 20.1 Å². The molecule has 5 nitrogen and oxygen atoms in total. The van der Waals surface area contributed by atoms with E-state index in [1.807, 2.05) is 48.5 Å². The van der Waals surface area contributed by atoms with Gasteiger partial charge in [-0.25, -0.2) is 0 Å². The molecule has 2 heterocycles. The Morgan fingerprint density at radius 1 is 0.920 bits per heavy atom. The largest absolute Gasteiger partial charge is 0.497 e. The zero-order chi connectivity index (χ0) is 17.4. The van der Waals surface area contributed by atoms with Crippen LogP contribution in [-0.2, 0) is 27.1 Å². The lowest BCUT2D eigenvalue weighted by molar-refractivity contribution is -0.152. The molecule has 2 saturated heterocycles. The highest BCUT2D eigenvalue weighted by Crippen LogP contribution is 2.53. The number of ether oxygens (including phenoxy) is 4. The summed E-state index contributed by atoms with van der Waals surface area (Å²) in [5, 5.41) is 0. The number of epoxide rings is 1. The normalized spacial score (nSPS) is 26.7. The molecule has 2 aromatic carbocycles. The minimum Gasteiger partial charge on any atom is -0.497 e. The molecule has 2 fully saturated rings. The Labute approximate surface area is 146 Å². The highest BCUT2D eigenvalue weighted by atomic mass is 16.8. The minimum atomic E-state index is -0.550. The second-order valence-corrected chi connectivity index (χ2v) is 6.47. The van der Waals surface area contributed by atoms with Crippen LogP contribution >= 0.6 is 0 Å². The Balaban J connectivity index is 1.52. The predicted octanol–water partition coefficient (Wildman–Crippen LogP) is 2.76. The predicted molar refractivity (Wildman–Crippen MR) is 90.6 cm³/mol. The van der Waals surface area contributed by atoms with Gasteiger partial charge in [-0.1, -0.05) is 24.3 Å². The fraction of sp³-hybridized carbons (Fsp3) is 0.350. The Morgan fingerprint density at radius 3 is 2.04 bits per heavy atom. The molecule has 5 heteroatoms. The number of hydrogen-bond acceptors (Lipinski definition) is 5. The summed E-state index contributed by atoms with van der Waals surface area (Å²) in [5.41, 5.74) is 1.61. The quantitative estimate of drug-likeness (QED) is 0.598. The van der Waals surface area contributed by atoms with Crippen molar-refractivity contribution in [2.75, 3.05) is 14.2 Å². The molecule has 2 aliphatic rings. The van der Waals surface area contributed by atoms with Crippen LogP contribution in [0.1, 0.15) is 11.1 Å². The van der Waals surface area contributed by atoms with Crippen LogP contribution in [-0.4, -0.2) is 32.1 Å². The summed E-state index contributed by atoms with van der Waals surface area (Å²) < 4.78 is 21.5. The lowest BCUT2D eigenvalue weighted by Crippen LogP contribution is -2.31. The van der Waals surface area contributed by atoms with Crippen molar-refractivity contribution in [3.63, 3.8) is 0 Å². The molecule has 0 aromatic heterocycles. The van der Waals surface area contributed by atoms with Crippen molar-refractivity contribution in [2.45, 2.75) is 24.7 Å². The van der Waals surface area contributed by atoms with Gasteiger partial charge in [0.15, 0.2) is 5.60 Å². The van der Waals surface area contributed by atoms with E-state index in [9.17, 15) is 4.79 Å². The van der Waals surface area contributed by atoms with Gasteiger partial charge in [0.1, 0.15) is 11.5 Å². The van der Waals surface area contributed by atoms with Crippen molar-refractivity contribution in [1.82, 2.24) is 0 Å². The van der Waals surface area contributed by atoms with Gasteiger partial charge in [0.25, 0.3) is 0 Å². The number of esters is 1. The topological polar surface area (TPSA) is 57.3 Å². The van der Waals surface area contributed by atoms with E-state index in [1.54, 1.807) is 14.2 Å². The summed E-state index contributed by atoms with van der Waals surface area (Å²) in [6.07, 6.45) is 0.814. The zero-order valence-electron chi connectivity index (χ0n) is 14.2. The van der Waals surface area contributed by atoms with E-state index in [-0.39, 0.29) is 11.9 Å². The fourth-order valence-electron chi connectivity index (χ4n) is 3.49. The molecule has 4 rings (SSSR count). The molecule has 25 heavy (non-hydrogen) atoms. The van der Waals surface area contributed by atoms with Crippen LogP contribution in [0, 0.1) is 5.92 Å². The Hall–Kier alpha value is -2.53. The maximum atomic E-state index is 12.3. The van der Waals surface area contributed by atoms with Crippen LogP contribution in [0.5, 0.6) is 11.5 Å². The lowest BCUT2D eigenvalue weighted by atomic mass is 9.84. The van der Waals surface area contributed by atoms with Crippen molar-refractivity contribution in [3.05, 3.63) is 59.7 Å². The highest BCUT2D eigenvalue weighted by Gasteiger charge is 2.71. The second kappa shape index (κ2) is 6.08. The monoisotopic (exact) mass is 340 g/mol. The molecule has 2 aromatic rings. The number of fused-ring (bicyclic) bond motifs is 1. The van der Waals surface area contributed by atoms with Crippen LogP contribution in [0.25, 0.3) is 0 Å². The first-order chi connectivity index (χ1) is 12.1. The third-order valence-corrected chi connectivity index (χ3v) is 5.00. The van der Waals surface area contributed by atoms with E-state index in [4.69, 9.17) is 18.9 Å². The molecule has 0 aliphatic carbocycles. The number of carbonyl (C=O) groups excluding carboxylic acids is 1. The molecule has 3 atom stereocenters. The number of hydrogen-bond donors (Lipinski definition) is 0. The maximum absolute atomic E-state index is 12.3. The summed E-state index contributed by atoms with van der Waals surface area (Å²) in [5.74, 6) is 1.13. The Bertz CT molecular complexity index is 768. The van der Waals surface area contributed by atoms with Gasteiger partial charge in [-0.3, -0.25) is 4.79 Å². The Kier molecular flexibility index (Phi) is 3.88. The fourth-order valence-corrected chi connectivity index (χ4v) is 3.49. The standard InChI is InChI=1S/C20H20O5/c1-22-15-7-3-13(4-8-15)11-17-18(21)24-19-20(17,25-19)12-14-5-9-16(23-2)10-6-14/h3-10,17,19H,11-12H2,1-2H3. The lowest BCUT2D eigenvalue weighted by Gasteiger charge is -2.17. The van der Waals surface area contributed by atoms with E-state index < -0.39 is 11.9 Å². The van der Waals surface area contributed by atoms with Crippen molar-refractivity contribution < 1.29 is 23.7 Å². The second-order valence-electron chi connectivity index (χ2n) is 6.47. The van der Waals surface area contributed by atoms with E-state index in [1.165, 1.54) is 0 Å². The molecule has 130 valence electrons. The van der Waals surface area contributed by atoms with Gasteiger partial charge >= 0.3 is 5.97 Å². The summed E-state index contributed by atoms with van der Waals surface area (Å²) in [7, 11) is 3.28. The highest BCUT2D eigenvalue weighted by molar-refractivity contribution is 5.78. The van der Waals surface area contributed by atoms with Crippen molar-refractivity contribution >= 4 is 5.97 Å². The van der Waals surface area contributed by atoms with E-state index in [0.29, 0.717) is 12.8 Å². The van der Waals surface area contributed by atoms with Crippen molar-refractivity contribution in [1.29, 1.82) is 0 Å². The van der Waals surface area contributed by atoms with Gasteiger partial charge in [-0.2, -0.15) is 0 Å². The number of rotatable bonds is 6. The van der Waals surface area contributed by atoms with Crippen LogP contribution in [0.4, 0.5) is 0 Å². The first-order valence-electron chi connectivity index (χ1n) is 8.29. The van der Waals surface area contributed by atoms with E-state index in [0.717, 1.165) is 22.6 Å². The third kappa shape index (κ3) is 2.85. The van der Waals surface area contributed by atoms with Crippen LogP contribution < -0.4 is 9.47 Å². The van der Waals surface area contributed by atoms with E-state index >= 15 is 0 Å². The van der Waals surface area contributed by atoms with Gasteiger partial charge in [-0.05, 0) is 41.8 Å². The van der Waals surface area contributed by atoms with Crippen LogP contribution in [0.3, 0.4) is 0 Å². The molecule has 0 spiro atoms. The summed E-state index contributed by atoms with van der Waals surface area (Å²) in [6, 6.07) is 15.6. The molecular weight excluding hydrogens is 320 g/mol. The number of carbonyl (C=O) groups is 1. The molecule has 0 amide bonds. The molecule has 0 saturated carbocycles. The summed E-state index contributed by atoms with van der Waals surface area (Å²) in [4.78, 5) is 12.3. The minimum absolute atomic E-state index is 0.180.